The lowest BCUT2D eigenvalue weighted by molar-refractivity contribution is 0.0782. The van der Waals surface area contributed by atoms with Gasteiger partial charge in [-0.1, -0.05) is 29.3 Å². The van der Waals surface area contributed by atoms with E-state index >= 15 is 0 Å². The molecule has 1 amide bonds. The molecule has 19 heavy (non-hydrogen) atoms. The maximum Gasteiger partial charge on any atom is 0.257 e. The fraction of sp³-hybridized carbons (Fsp3) is 0.250. The highest BCUT2D eigenvalue weighted by atomic mass is 35.5. The zero-order chi connectivity index (χ0) is 14.0. The second-order valence-corrected chi connectivity index (χ2v) is 4.91. The monoisotopic (exact) mass is 298 g/mol. The second kappa shape index (κ2) is 5.59. The first-order valence-corrected chi connectivity index (χ1v) is 6.32. The average molecular weight is 299 g/mol. The summed E-state index contributed by atoms with van der Waals surface area (Å²) >= 11 is 12.0. The number of aromatic nitrogens is 3. The molecule has 1 N–H and O–H groups in total. The summed E-state index contributed by atoms with van der Waals surface area (Å²) in [4.78, 5) is 17.9. The molecule has 0 saturated heterocycles. The van der Waals surface area contributed by atoms with E-state index in [0.29, 0.717) is 27.3 Å². The van der Waals surface area contributed by atoms with Gasteiger partial charge in [0.2, 0.25) is 0 Å². The Hall–Kier alpha value is -1.59. The van der Waals surface area contributed by atoms with Gasteiger partial charge in [-0.3, -0.25) is 9.89 Å². The van der Waals surface area contributed by atoms with E-state index in [1.165, 1.54) is 4.90 Å². The zero-order valence-corrected chi connectivity index (χ0v) is 12.0. The van der Waals surface area contributed by atoms with Gasteiger partial charge in [-0.25, -0.2) is 4.98 Å². The molecule has 0 unspecified atom stereocenters. The van der Waals surface area contributed by atoms with Crippen LogP contribution in [0.3, 0.4) is 0 Å². The number of nitrogens with zero attached hydrogens (tertiary/aromatic N) is 3. The van der Waals surface area contributed by atoms with E-state index in [4.69, 9.17) is 23.2 Å². The number of carbonyl (C=O) groups excluding carboxylic acids is 1. The fourth-order valence-electron chi connectivity index (χ4n) is 1.64. The van der Waals surface area contributed by atoms with Crippen molar-refractivity contribution in [2.45, 2.75) is 13.5 Å². The van der Waals surface area contributed by atoms with Gasteiger partial charge in [0.1, 0.15) is 5.82 Å². The molecule has 1 aromatic carbocycles. The molecule has 2 aromatic rings. The van der Waals surface area contributed by atoms with Crippen molar-refractivity contribution in [3.8, 4) is 0 Å². The molecule has 0 aliphatic carbocycles. The molecule has 5 nitrogen and oxygen atoms in total. The van der Waals surface area contributed by atoms with Crippen molar-refractivity contribution in [3.05, 3.63) is 45.5 Å². The lowest BCUT2D eigenvalue weighted by Crippen LogP contribution is -2.27. The van der Waals surface area contributed by atoms with Crippen molar-refractivity contribution in [2.24, 2.45) is 0 Å². The van der Waals surface area contributed by atoms with Gasteiger partial charge in [-0.05, 0) is 19.1 Å². The van der Waals surface area contributed by atoms with E-state index in [1.54, 1.807) is 32.2 Å². The summed E-state index contributed by atoms with van der Waals surface area (Å²) in [6, 6.07) is 4.96. The first-order chi connectivity index (χ1) is 8.99. The first-order valence-electron chi connectivity index (χ1n) is 5.56. The number of H-pyrrole nitrogens is 1. The smallest absolute Gasteiger partial charge is 0.257 e. The maximum absolute atomic E-state index is 12.3. The molecular formula is C12H12Cl2N4O. The number of nitrogens with one attached hydrogen (secondary N) is 1. The summed E-state index contributed by atoms with van der Waals surface area (Å²) in [6.07, 6.45) is 0. The molecular weight excluding hydrogens is 287 g/mol. The third-order valence-corrected chi connectivity index (χ3v) is 3.18. The third-order valence-electron chi connectivity index (χ3n) is 2.55. The van der Waals surface area contributed by atoms with Gasteiger partial charge in [-0.2, -0.15) is 5.10 Å². The maximum atomic E-state index is 12.3. The van der Waals surface area contributed by atoms with Crippen LogP contribution in [0.5, 0.6) is 0 Å². The second-order valence-electron chi connectivity index (χ2n) is 4.09. The summed E-state index contributed by atoms with van der Waals surface area (Å²) in [5, 5.41) is 7.36. The van der Waals surface area contributed by atoms with Gasteiger partial charge in [-0.15, -0.1) is 0 Å². The van der Waals surface area contributed by atoms with Gasteiger partial charge >= 0.3 is 0 Å². The van der Waals surface area contributed by atoms with E-state index in [9.17, 15) is 4.79 Å². The molecule has 0 spiro atoms. The Morgan fingerprint density at radius 1 is 1.37 bits per heavy atom. The van der Waals surface area contributed by atoms with Crippen molar-refractivity contribution in [1.82, 2.24) is 20.1 Å². The predicted molar refractivity (Wildman–Crippen MR) is 73.4 cm³/mol. The largest absolute Gasteiger partial charge is 0.334 e. The molecule has 0 aliphatic rings. The van der Waals surface area contributed by atoms with E-state index < -0.39 is 0 Å². The van der Waals surface area contributed by atoms with E-state index in [2.05, 4.69) is 15.2 Å². The molecule has 0 fully saturated rings. The molecule has 7 heteroatoms. The molecule has 1 heterocycles. The van der Waals surface area contributed by atoms with Crippen LogP contribution >= 0.6 is 23.2 Å². The molecule has 2 rings (SSSR count). The van der Waals surface area contributed by atoms with Crippen molar-refractivity contribution in [2.75, 3.05) is 7.05 Å². The van der Waals surface area contributed by atoms with Crippen LogP contribution in [0.2, 0.25) is 10.0 Å². The Morgan fingerprint density at radius 2 is 2.00 bits per heavy atom. The van der Waals surface area contributed by atoms with Crippen LogP contribution in [0, 0.1) is 6.92 Å². The molecule has 0 saturated carbocycles. The number of aromatic amines is 1. The van der Waals surface area contributed by atoms with Crippen LogP contribution in [-0.4, -0.2) is 33.0 Å². The number of hydrogen-bond donors (Lipinski definition) is 1. The summed E-state index contributed by atoms with van der Waals surface area (Å²) < 4.78 is 0. The van der Waals surface area contributed by atoms with Crippen LogP contribution in [0.25, 0.3) is 0 Å². The minimum absolute atomic E-state index is 0.266. The summed E-state index contributed by atoms with van der Waals surface area (Å²) in [5.41, 5.74) is 0.292. The Balaban J connectivity index is 2.19. The van der Waals surface area contributed by atoms with E-state index in [-0.39, 0.29) is 12.5 Å². The SMILES string of the molecule is Cc1nc(CN(C)C(=O)c2c(Cl)cccc2Cl)n[nH]1. The Kier molecular flexibility index (Phi) is 4.07. The summed E-state index contributed by atoms with van der Waals surface area (Å²) in [5.74, 6) is 0.973. The Bertz CT molecular complexity index is 591. The minimum Gasteiger partial charge on any atom is -0.334 e. The minimum atomic E-state index is -0.266. The van der Waals surface area contributed by atoms with Crippen LogP contribution in [0.4, 0.5) is 0 Å². The molecule has 0 atom stereocenters. The third kappa shape index (κ3) is 3.05. The number of hydrogen-bond acceptors (Lipinski definition) is 3. The van der Waals surface area contributed by atoms with E-state index in [0.717, 1.165) is 0 Å². The molecule has 0 radical (unpaired) electrons. The van der Waals surface area contributed by atoms with Crippen LogP contribution in [0.1, 0.15) is 22.0 Å². The van der Waals surface area contributed by atoms with Gasteiger partial charge in [0.15, 0.2) is 5.82 Å². The van der Waals surface area contributed by atoms with Gasteiger partial charge in [0.05, 0.1) is 22.2 Å². The zero-order valence-electron chi connectivity index (χ0n) is 10.4. The molecule has 1 aromatic heterocycles. The highest BCUT2D eigenvalue weighted by molar-refractivity contribution is 6.39. The predicted octanol–water partition coefficient (Wildman–Crippen LogP) is 2.69. The fourth-order valence-corrected chi connectivity index (χ4v) is 2.20. The molecule has 100 valence electrons. The van der Waals surface area contributed by atoms with Crippen molar-refractivity contribution in [1.29, 1.82) is 0 Å². The average Bonchev–Trinajstić information content (AvgIpc) is 2.74. The summed E-state index contributed by atoms with van der Waals surface area (Å²) in [7, 11) is 1.65. The summed E-state index contributed by atoms with van der Waals surface area (Å²) in [6.45, 7) is 2.08. The number of halogens is 2. The van der Waals surface area contributed by atoms with Gasteiger partial charge in [0.25, 0.3) is 5.91 Å². The number of benzene rings is 1. The molecule has 0 aliphatic heterocycles. The number of aryl methyl sites for hydroxylation is 1. The van der Waals surface area contributed by atoms with Crippen LogP contribution < -0.4 is 0 Å². The van der Waals surface area contributed by atoms with Crippen LogP contribution in [-0.2, 0) is 6.54 Å². The van der Waals surface area contributed by atoms with Crippen molar-refractivity contribution in [3.63, 3.8) is 0 Å². The first kappa shape index (κ1) is 13.8. The standard InChI is InChI=1S/C12H12Cl2N4O/c1-7-15-10(17-16-7)6-18(2)12(19)11-8(13)4-3-5-9(11)14/h3-5H,6H2,1-2H3,(H,15,16,17). The highest BCUT2D eigenvalue weighted by Crippen LogP contribution is 2.25. The Morgan fingerprint density at radius 3 is 2.53 bits per heavy atom. The number of amides is 1. The number of carbonyl (C=O) groups is 1. The highest BCUT2D eigenvalue weighted by Gasteiger charge is 2.19. The van der Waals surface area contributed by atoms with Crippen LogP contribution in [0.15, 0.2) is 18.2 Å². The lowest BCUT2D eigenvalue weighted by atomic mass is 10.2. The van der Waals surface area contributed by atoms with E-state index in [1.807, 2.05) is 0 Å². The number of rotatable bonds is 3. The van der Waals surface area contributed by atoms with Crippen molar-refractivity contribution >= 4 is 29.1 Å². The quantitative estimate of drug-likeness (QED) is 0.948. The lowest BCUT2D eigenvalue weighted by Gasteiger charge is -2.16. The van der Waals surface area contributed by atoms with Gasteiger partial charge < -0.3 is 4.90 Å². The normalized spacial score (nSPS) is 10.5. The topological polar surface area (TPSA) is 61.9 Å². The Labute approximate surface area is 120 Å². The van der Waals surface area contributed by atoms with Crippen molar-refractivity contribution < 1.29 is 4.79 Å². The molecule has 0 bridgehead atoms. The van der Waals surface area contributed by atoms with Gasteiger partial charge in [0, 0.05) is 7.05 Å².